The lowest BCUT2D eigenvalue weighted by atomic mass is 9.72. The normalized spacial score (nSPS) is 21.7. The first kappa shape index (κ1) is 17.3. The predicted molar refractivity (Wildman–Crippen MR) is 93.9 cm³/mol. The Labute approximate surface area is 138 Å². The number of carbonyl (C=O) groups excluding carboxylic acids is 1. The summed E-state index contributed by atoms with van der Waals surface area (Å²) in [6.45, 7) is 6.91. The van der Waals surface area contributed by atoms with Gasteiger partial charge in [0.15, 0.2) is 0 Å². The first-order valence-corrected chi connectivity index (χ1v) is 8.11. The van der Waals surface area contributed by atoms with Crippen LogP contribution in [0.25, 0.3) is 0 Å². The molecule has 5 nitrogen and oxygen atoms in total. The molecular formula is C18H27N3O2. The molecule has 1 aliphatic rings. The highest BCUT2D eigenvalue weighted by molar-refractivity contribution is 5.88. The van der Waals surface area contributed by atoms with Gasteiger partial charge in [0.25, 0.3) is 5.91 Å². The van der Waals surface area contributed by atoms with E-state index in [2.05, 4.69) is 36.6 Å². The van der Waals surface area contributed by atoms with E-state index in [9.17, 15) is 4.79 Å². The minimum Gasteiger partial charge on any atom is -0.495 e. The largest absolute Gasteiger partial charge is 0.495 e. The first-order valence-electron chi connectivity index (χ1n) is 8.11. The Morgan fingerprint density at radius 1 is 1.39 bits per heavy atom. The Kier molecular flexibility index (Phi) is 5.64. The number of carbonyl (C=O) groups is 1. The van der Waals surface area contributed by atoms with Gasteiger partial charge in [0.1, 0.15) is 5.75 Å². The molecule has 126 valence electrons. The van der Waals surface area contributed by atoms with Crippen LogP contribution in [0.5, 0.6) is 5.75 Å². The molecule has 1 unspecified atom stereocenters. The molecule has 0 aromatic heterocycles. The van der Waals surface area contributed by atoms with Crippen LogP contribution in [0.3, 0.4) is 0 Å². The van der Waals surface area contributed by atoms with E-state index in [-0.39, 0.29) is 17.9 Å². The third-order valence-corrected chi connectivity index (χ3v) is 4.05. The van der Waals surface area contributed by atoms with Crippen molar-refractivity contribution in [2.45, 2.75) is 40.0 Å². The zero-order valence-electron chi connectivity index (χ0n) is 14.5. The van der Waals surface area contributed by atoms with Crippen LogP contribution >= 0.6 is 0 Å². The summed E-state index contributed by atoms with van der Waals surface area (Å²) >= 11 is 0. The Morgan fingerprint density at radius 3 is 2.83 bits per heavy atom. The smallest absolute Gasteiger partial charge is 0.259 e. The van der Waals surface area contributed by atoms with Crippen LogP contribution in [0.15, 0.2) is 29.4 Å². The van der Waals surface area contributed by atoms with Crippen molar-refractivity contribution in [2.75, 3.05) is 19.0 Å². The number of amides is 1. The fourth-order valence-corrected chi connectivity index (χ4v) is 3.35. The van der Waals surface area contributed by atoms with Gasteiger partial charge in [-0.15, -0.1) is 0 Å². The third kappa shape index (κ3) is 5.27. The summed E-state index contributed by atoms with van der Waals surface area (Å²) in [6.07, 6.45) is 3.11. The van der Waals surface area contributed by atoms with Crippen LogP contribution in [0.4, 0.5) is 5.69 Å². The van der Waals surface area contributed by atoms with E-state index in [0.29, 0.717) is 5.92 Å². The van der Waals surface area contributed by atoms with Gasteiger partial charge in [0, 0.05) is 5.71 Å². The van der Waals surface area contributed by atoms with Crippen molar-refractivity contribution in [3.63, 3.8) is 0 Å². The van der Waals surface area contributed by atoms with E-state index in [4.69, 9.17) is 4.74 Å². The lowest BCUT2D eigenvalue weighted by Gasteiger charge is -2.34. The molecule has 2 N–H and O–H groups in total. The fraction of sp³-hybridized carbons (Fsp3) is 0.556. The third-order valence-electron chi connectivity index (χ3n) is 4.05. The van der Waals surface area contributed by atoms with Crippen molar-refractivity contribution in [3.05, 3.63) is 24.3 Å². The second-order valence-corrected chi connectivity index (χ2v) is 7.12. The first-order chi connectivity index (χ1) is 10.9. The van der Waals surface area contributed by atoms with E-state index < -0.39 is 0 Å². The molecule has 0 radical (unpaired) electrons. The van der Waals surface area contributed by atoms with E-state index in [0.717, 1.165) is 30.0 Å². The Balaban J connectivity index is 1.86. The number of nitrogens with zero attached hydrogens (tertiary/aromatic N) is 1. The van der Waals surface area contributed by atoms with E-state index in [1.807, 2.05) is 24.3 Å². The molecule has 0 saturated heterocycles. The quantitative estimate of drug-likeness (QED) is 0.818. The molecule has 1 atom stereocenters. The van der Waals surface area contributed by atoms with Gasteiger partial charge in [-0.1, -0.05) is 32.9 Å². The molecule has 1 aliphatic carbocycles. The Hall–Kier alpha value is -2.04. The molecule has 1 aromatic carbocycles. The van der Waals surface area contributed by atoms with Gasteiger partial charge in [-0.05, 0) is 42.7 Å². The van der Waals surface area contributed by atoms with Gasteiger partial charge in [0.05, 0.1) is 19.3 Å². The van der Waals surface area contributed by atoms with Gasteiger partial charge in [-0.3, -0.25) is 4.79 Å². The van der Waals surface area contributed by atoms with Crippen LogP contribution < -0.4 is 15.5 Å². The van der Waals surface area contributed by atoms with Gasteiger partial charge in [-0.25, -0.2) is 5.43 Å². The number of anilines is 1. The molecule has 0 aliphatic heterocycles. The topological polar surface area (TPSA) is 62.7 Å². The molecule has 5 heteroatoms. The lowest BCUT2D eigenvalue weighted by Crippen LogP contribution is -2.31. The predicted octanol–water partition coefficient (Wildman–Crippen LogP) is 3.43. The zero-order valence-corrected chi connectivity index (χ0v) is 14.5. The van der Waals surface area contributed by atoms with Crippen molar-refractivity contribution in [1.29, 1.82) is 0 Å². The molecule has 0 bridgehead atoms. The van der Waals surface area contributed by atoms with E-state index in [1.165, 1.54) is 6.42 Å². The van der Waals surface area contributed by atoms with Crippen LogP contribution in [-0.2, 0) is 4.79 Å². The maximum atomic E-state index is 12.0. The summed E-state index contributed by atoms with van der Waals surface area (Å²) < 4.78 is 5.25. The number of para-hydroxylation sites is 2. The van der Waals surface area contributed by atoms with Crippen molar-refractivity contribution in [2.24, 2.45) is 16.4 Å². The van der Waals surface area contributed by atoms with Gasteiger partial charge in [-0.2, -0.15) is 5.10 Å². The number of nitrogens with one attached hydrogen (secondary N) is 2. The van der Waals surface area contributed by atoms with Crippen LogP contribution in [0, 0.1) is 11.3 Å². The second-order valence-electron chi connectivity index (χ2n) is 7.12. The Bertz CT molecular complexity index is 581. The van der Waals surface area contributed by atoms with Crippen molar-refractivity contribution in [3.8, 4) is 5.75 Å². The average molecular weight is 317 g/mol. The molecule has 23 heavy (non-hydrogen) atoms. The SMILES string of the molecule is COc1ccccc1NCC(=O)N/N=C1\CC(C)CC(C)(C)C1. The molecule has 0 spiro atoms. The molecule has 1 amide bonds. The highest BCUT2D eigenvalue weighted by Gasteiger charge is 2.29. The number of ether oxygens (including phenoxy) is 1. The van der Waals surface area contributed by atoms with Crippen molar-refractivity contribution < 1.29 is 9.53 Å². The maximum Gasteiger partial charge on any atom is 0.259 e. The van der Waals surface area contributed by atoms with E-state index >= 15 is 0 Å². The minimum atomic E-state index is -0.153. The second kappa shape index (κ2) is 7.49. The number of benzene rings is 1. The van der Waals surface area contributed by atoms with Gasteiger partial charge < -0.3 is 10.1 Å². The van der Waals surface area contributed by atoms with E-state index in [1.54, 1.807) is 7.11 Å². The highest BCUT2D eigenvalue weighted by atomic mass is 16.5. The molecular weight excluding hydrogens is 290 g/mol. The van der Waals surface area contributed by atoms with Gasteiger partial charge >= 0.3 is 0 Å². The number of rotatable bonds is 5. The lowest BCUT2D eigenvalue weighted by molar-refractivity contribution is -0.119. The summed E-state index contributed by atoms with van der Waals surface area (Å²) in [7, 11) is 1.61. The van der Waals surface area contributed by atoms with Crippen LogP contribution in [-0.4, -0.2) is 25.3 Å². The maximum absolute atomic E-state index is 12.0. The summed E-state index contributed by atoms with van der Waals surface area (Å²) in [6, 6.07) is 7.52. The number of hydrazone groups is 1. The van der Waals surface area contributed by atoms with Gasteiger partial charge in [0.2, 0.25) is 0 Å². The molecule has 0 heterocycles. The standard InChI is InChI=1S/C18H27N3O2/c1-13-9-14(11-18(2,3)10-13)20-21-17(22)12-19-15-7-5-6-8-16(15)23-4/h5-8,13,19H,9-12H2,1-4H3,(H,21,22)/b20-14+. The number of hydrogen-bond acceptors (Lipinski definition) is 4. The highest BCUT2D eigenvalue weighted by Crippen LogP contribution is 2.36. The number of methoxy groups -OCH3 is 1. The number of hydrogen-bond donors (Lipinski definition) is 2. The van der Waals surface area contributed by atoms with Crippen molar-refractivity contribution >= 4 is 17.3 Å². The summed E-state index contributed by atoms with van der Waals surface area (Å²) in [5.74, 6) is 1.18. The van der Waals surface area contributed by atoms with Crippen LogP contribution in [0.1, 0.15) is 40.0 Å². The molecule has 2 rings (SSSR count). The fourth-order valence-electron chi connectivity index (χ4n) is 3.35. The summed E-state index contributed by atoms with van der Waals surface area (Å²) in [4.78, 5) is 12.0. The molecule has 1 fully saturated rings. The zero-order chi connectivity index (χ0) is 16.9. The minimum absolute atomic E-state index is 0.153. The average Bonchev–Trinajstić information content (AvgIpc) is 2.49. The summed E-state index contributed by atoms with van der Waals surface area (Å²) in [5, 5.41) is 7.40. The summed E-state index contributed by atoms with van der Waals surface area (Å²) in [5.41, 5.74) is 4.80. The molecule has 1 aromatic rings. The Morgan fingerprint density at radius 2 is 2.13 bits per heavy atom. The molecule has 1 saturated carbocycles. The van der Waals surface area contributed by atoms with Crippen LogP contribution in [0.2, 0.25) is 0 Å². The van der Waals surface area contributed by atoms with Crippen molar-refractivity contribution in [1.82, 2.24) is 5.43 Å². The monoisotopic (exact) mass is 317 g/mol.